The van der Waals surface area contributed by atoms with Crippen LogP contribution in [0.15, 0.2) is 58.6 Å². The molecule has 5 rings (SSSR count). The molecule has 0 atom stereocenters. The summed E-state index contributed by atoms with van der Waals surface area (Å²) in [4.78, 5) is 37.1. The summed E-state index contributed by atoms with van der Waals surface area (Å²) in [7, 11) is 0. The second-order valence-corrected chi connectivity index (χ2v) is 10.2. The van der Waals surface area contributed by atoms with Crippen LogP contribution in [0.25, 0.3) is 10.2 Å². The van der Waals surface area contributed by atoms with Crippen molar-refractivity contribution in [3.63, 3.8) is 0 Å². The molecule has 0 saturated heterocycles. The summed E-state index contributed by atoms with van der Waals surface area (Å²) in [6, 6.07) is 13.3. The van der Waals surface area contributed by atoms with E-state index in [1.807, 2.05) is 30.3 Å². The predicted molar refractivity (Wildman–Crippen MR) is 135 cm³/mol. The SMILES string of the molecule is O=C(CSc1nc2sc3c(c2c(=O)n1Cc1ccccc1)CCCC3)Nc1cccnc1Cl. The van der Waals surface area contributed by atoms with Crippen LogP contribution in [-0.2, 0) is 24.2 Å². The van der Waals surface area contributed by atoms with Crippen molar-refractivity contribution in [1.82, 2.24) is 14.5 Å². The number of hydrogen-bond donors (Lipinski definition) is 1. The maximum absolute atomic E-state index is 13.7. The maximum Gasteiger partial charge on any atom is 0.263 e. The molecular formula is C24H21ClN4O2S2. The maximum atomic E-state index is 13.7. The van der Waals surface area contributed by atoms with Crippen molar-refractivity contribution < 1.29 is 4.79 Å². The number of thioether (sulfide) groups is 1. The van der Waals surface area contributed by atoms with Gasteiger partial charge in [0.1, 0.15) is 4.83 Å². The lowest BCUT2D eigenvalue weighted by Crippen LogP contribution is -2.25. The zero-order valence-electron chi connectivity index (χ0n) is 17.7. The molecule has 1 amide bonds. The third-order valence-corrected chi connectivity index (χ3v) is 8.05. The molecule has 0 radical (unpaired) electrons. The van der Waals surface area contributed by atoms with Crippen molar-refractivity contribution in [3.05, 3.63) is 80.2 Å². The molecule has 0 saturated carbocycles. The summed E-state index contributed by atoms with van der Waals surface area (Å²) >= 11 is 8.92. The summed E-state index contributed by atoms with van der Waals surface area (Å²) in [5.74, 6) is -0.135. The van der Waals surface area contributed by atoms with E-state index in [1.165, 1.54) is 22.2 Å². The van der Waals surface area contributed by atoms with Crippen molar-refractivity contribution in [1.29, 1.82) is 0 Å². The number of anilines is 1. The summed E-state index contributed by atoms with van der Waals surface area (Å²) in [5, 5.41) is 4.31. The monoisotopic (exact) mass is 496 g/mol. The predicted octanol–water partition coefficient (Wildman–Crippen LogP) is 5.16. The van der Waals surface area contributed by atoms with Crippen molar-refractivity contribution in [2.24, 2.45) is 0 Å². The van der Waals surface area contributed by atoms with Gasteiger partial charge in [0.2, 0.25) is 5.91 Å². The van der Waals surface area contributed by atoms with Gasteiger partial charge >= 0.3 is 0 Å². The van der Waals surface area contributed by atoms with E-state index >= 15 is 0 Å². The Morgan fingerprint density at radius 1 is 1.15 bits per heavy atom. The van der Waals surface area contributed by atoms with Crippen LogP contribution in [0.5, 0.6) is 0 Å². The fourth-order valence-corrected chi connectivity index (χ4v) is 6.30. The topological polar surface area (TPSA) is 76.9 Å². The summed E-state index contributed by atoms with van der Waals surface area (Å²) < 4.78 is 1.70. The number of nitrogens with zero attached hydrogens (tertiary/aromatic N) is 3. The molecule has 0 unspecified atom stereocenters. The Morgan fingerprint density at radius 2 is 1.97 bits per heavy atom. The first-order valence-corrected chi connectivity index (χ1v) is 12.9. The number of nitrogens with one attached hydrogen (secondary N) is 1. The quantitative estimate of drug-likeness (QED) is 0.226. The molecule has 1 aliphatic rings. The summed E-state index contributed by atoms with van der Waals surface area (Å²) in [6.45, 7) is 0.408. The number of halogens is 1. The number of aromatic nitrogens is 3. The molecular weight excluding hydrogens is 476 g/mol. The molecule has 0 fully saturated rings. The number of amides is 1. The van der Waals surface area contributed by atoms with Gasteiger partial charge in [-0.1, -0.05) is 53.7 Å². The van der Waals surface area contributed by atoms with Gasteiger partial charge in [-0.2, -0.15) is 0 Å². The highest BCUT2D eigenvalue weighted by Gasteiger charge is 2.23. The highest BCUT2D eigenvalue weighted by Crippen LogP contribution is 2.35. The Bertz CT molecular complexity index is 1380. The van der Waals surface area contributed by atoms with E-state index in [4.69, 9.17) is 16.6 Å². The van der Waals surface area contributed by atoms with E-state index in [-0.39, 0.29) is 22.4 Å². The second-order valence-electron chi connectivity index (χ2n) is 7.84. The number of carbonyl (C=O) groups is 1. The zero-order chi connectivity index (χ0) is 22.8. The second kappa shape index (κ2) is 9.67. The number of benzene rings is 1. The molecule has 0 bridgehead atoms. The highest BCUT2D eigenvalue weighted by molar-refractivity contribution is 7.99. The van der Waals surface area contributed by atoms with Crippen LogP contribution < -0.4 is 10.9 Å². The fraction of sp³-hybridized carbons (Fsp3) is 0.250. The average molecular weight is 497 g/mol. The molecule has 4 aromatic rings. The minimum absolute atomic E-state index is 0.0264. The largest absolute Gasteiger partial charge is 0.323 e. The minimum Gasteiger partial charge on any atom is -0.323 e. The van der Waals surface area contributed by atoms with Gasteiger partial charge in [-0.15, -0.1) is 11.3 Å². The van der Waals surface area contributed by atoms with E-state index in [2.05, 4.69) is 10.3 Å². The number of hydrogen-bond acceptors (Lipinski definition) is 6. The van der Waals surface area contributed by atoms with Crippen LogP contribution in [0.2, 0.25) is 5.15 Å². The van der Waals surface area contributed by atoms with Gasteiger partial charge in [-0.25, -0.2) is 9.97 Å². The van der Waals surface area contributed by atoms with Crippen LogP contribution in [0.3, 0.4) is 0 Å². The lowest BCUT2D eigenvalue weighted by atomic mass is 9.97. The molecule has 1 aromatic carbocycles. The summed E-state index contributed by atoms with van der Waals surface area (Å²) in [6.07, 6.45) is 5.75. The van der Waals surface area contributed by atoms with E-state index in [9.17, 15) is 9.59 Å². The van der Waals surface area contributed by atoms with Gasteiger partial charge in [-0.3, -0.25) is 14.2 Å². The van der Waals surface area contributed by atoms with Crippen molar-refractivity contribution in [3.8, 4) is 0 Å². The van der Waals surface area contributed by atoms with Crippen LogP contribution in [0.4, 0.5) is 5.69 Å². The number of thiophene rings is 1. The normalized spacial score (nSPS) is 13.1. The molecule has 6 nitrogen and oxygen atoms in total. The first-order chi connectivity index (χ1) is 16.1. The van der Waals surface area contributed by atoms with Gasteiger partial charge in [0, 0.05) is 11.1 Å². The van der Waals surface area contributed by atoms with E-state index in [1.54, 1.807) is 34.2 Å². The smallest absolute Gasteiger partial charge is 0.263 e. The van der Waals surface area contributed by atoms with E-state index in [0.717, 1.165) is 41.5 Å². The molecule has 0 aliphatic heterocycles. The van der Waals surface area contributed by atoms with Gasteiger partial charge in [0.15, 0.2) is 10.3 Å². The minimum atomic E-state index is -0.235. The van der Waals surface area contributed by atoms with Gasteiger partial charge < -0.3 is 5.32 Å². The van der Waals surface area contributed by atoms with Crippen molar-refractivity contribution in [2.45, 2.75) is 37.4 Å². The van der Waals surface area contributed by atoms with Crippen LogP contribution in [0.1, 0.15) is 28.8 Å². The van der Waals surface area contributed by atoms with E-state index in [0.29, 0.717) is 17.4 Å². The highest BCUT2D eigenvalue weighted by atomic mass is 35.5. The van der Waals surface area contributed by atoms with Gasteiger partial charge in [-0.05, 0) is 48.9 Å². The number of rotatable bonds is 6. The van der Waals surface area contributed by atoms with Crippen molar-refractivity contribution in [2.75, 3.05) is 11.1 Å². The lowest BCUT2D eigenvalue weighted by molar-refractivity contribution is -0.113. The lowest BCUT2D eigenvalue weighted by Gasteiger charge is -2.14. The van der Waals surface area contributed by atoms with E-state index < -0.39 is 0 Å². The van der Waals surface area contributed by atoms with Crippen LogP contribution >= 0.6 is 34.7 Å². The van der Waals surface area contributed by atoms with Crippen LogP contribution in [0, 0.1) is 0 Å². The molecule has 0 spiro atoms. The van der Waals surface area contributed by atoms with Gasteiger partial charge in [0.25, 0.3) is 5.56 Å². The molecule has 3 heterocycles. The zero-order valence-corrected chi connectivity index (χ0v) is 20.1. The molecule has 1 N–H and O–H groups in total. The third kappa shape index (κ3) is 4.69. The first kappa shape index (κ1) is 22.1. The number of pyridine rings is 1. The Labute approximate surface area is 204 Å². The fourth-order valence-electron chi connectivity index (χ4n) is 4.03. The standard InChI is InChI=1S/C24H21ClN4O2S2/c25-21-17(10-6-12-26-21)27-19(30)14-32-24-28-22-20(16-9-4-5-11-18(16)33-22)23(31)29(24)13-15-7-2-1-3-8-15/h1-3,6-8,10,12H,4-5,9,11,13-14H2,(H,27,30). The molecule has 9 heteroatoms. The van der Waals surface area contributed by atoms with Crippen LogP contribution in [-0.4, -0.2) is 26.2 Å². The Kier molecular flexibility index (Phi) is 6.48. The van der Waals surface area contributed by atoms with Crippen molar-refractivity contribution >= 4 is 56.5 Å². The number of carbonyl (C=O) groups excluding carboxylic acids is 1. The van der Waals surface area contributed by atoms with Gasteiger partial charge in [0.05, 0.1) is 23.4 Å². The third-order valence-electron chi connectivity index (χ3n) is 5.59. The molecule has 3 aromatic heterocycles. The Morgan fingerprint density at radius 3 is 2.79 bits per heavy atom. The Hall–Kier alpha value is -2.68. The Balaban J connectivity index is 1.48. The first-order valence-electron chi connectivity index (χ1n) is 10.7. The molecule has 168 valence electrons. The molecule has 1 aliphatic carbocycles. The average Bonchev–Trinajstić information content (AvgIpc) is 3.20. The number of fused-ring (bicyclic) bond motifs is 3. The summed E-state index contributed by atoms with van der Waals surface area (Å²) in [5.41, 5.74) is 2.61. The molecule has 33 heavy (non-hydrogen) atoms. The number of aryl methyl sites for hydroxylation is 2.